The molecule has 0 saturated carbocycles. The lowest BCUT2D eigenvalue weighted by Gasteiger charge is -2.12. The summed E-state index contributed by atoms with van der Waals surface area (Å²) in [6, 6.07) is 7.60. The number of nitrogens with one attached hydrogen (secondary N) is 2. The van der Waals surface area contributed by atoms with Crippen LogP contribution in [0.5, 0.6) is 0 Å². The number of carbonyl (C=O) groups is 1. The van der Waals surface area contributed by atoms with Crippen LogP contribution < -0.4 is 10.8 Å². The predicted octanol–water partition coefficient (Wildman–Crippen LogP) is 3.46. The quantitative estimate of drug-likeness (QED) is 0.621. The van der Waals surface area contributed by atoms with Crippen LogP contribution in [-0.2, 0) is 18.0 Å². The second-order valence-corrected chi connectivity index (χ2v) is 6.54. The molecule has 0 fully saturated rings. The second-order valence-electron chi connectivity index (χ2n) is 5.48. The number of nitrogens with zero attached hydrogens (tertiary/aromatic N) is 2. The van der Waals surface area contributed by atoms with Gasteiger partial charge in [-0.2, -0.15) is 0 Å². The van der Waals surface area contributed by atoms with Gasteiger partial charge in [0, 0.05) is 24.3 Å². The molecule has 0 aliphatic heterocycles. The summed E-state index contributed by atoms with van der Waals surface area (Å²) in [6.45, 7) is 2.49. The Bertz CT molecular complexity index is 886. The van der Waals surface area contributed by atoms with E-state index in [9.17, 15) is 9.18 Å². The van der Waals surface area contributed by atoms with Gasteiger partial charge in [-0.05, 0) is 42.8 Å². The average molecular weight is 372 g/mol. The molecule has 1 aromatic carbocycles. The average Bonchev–Trinajstić information content (AvgIpc) is 3.06. The Balaban J connectivity index is 1.63. The second kappa shape index (κ2) is 8.50. The first-order chi connectivity index (χ1) is 12.6. The van der Waals surface area contributed by atoms with Crippen molar-refractivity contribution in [2.45, 2.75) is 20.1 Å². The molecule has 6 nitrogen and oxygen atoms in total. The number of hydrogen-bond acceptors (Lipinski definition) is 6. The number of aromatic nitrogens is 2. The van der Waals surface area contributed by atoms with Gasteiger partial charge in [0.15, 0.2) is 0 Å². The van der Waals surface area contributed by atoms with Crippen LogP contribution in [0, 0.1) is 12.7 Å². The first-order valence-electron chi connectivity index (χ1n) is 7.87. The number of benzene rings is 1. The van der Waals surface area contributed by atoms with E-state index in [1.807, 2.05) is 24.4 Å². The molecule has 2 aromatic heterocycles. The number of thiazole rings is 1. The lowest BCUT2D eigenvalue weighted by molar-refractivity contribution is 0.0224. The number of amides is 1. The van der Waals surface area contributed by atoms with Crippen LogP contribution in [0.1, 0.15) is 26.6 Å². The van der Waals surface area contributed by atoms with E-state index in [1.165, 1.54) is 29.5 Å². The van der Waals surface area contributed by atoms with E-state index in [0.29, 0.717) is 12.2 Å². The largest absolute Gasteiger partial charge is 0.380 e. The van der Waals surface area contributed by atoms with Crippen molar-refractivity contribution in [3.05, 3.63) is 75.8 Å². The summed E-state index contributed by atoms with van der Waals surface area (Å²) >= 11 is 1.51. The molecule has 2 N–H and O–H groups in total. The van der Waals surface area contributed by atoms with Gasteiger partial charge < -0.3 is 5.32 Å². The summed E-state index contributed by atoms with van der Waals surface area (Å²) in [6.07, 6.45) is 3.34. The number of anilines is 1. The molecule has 0 unspecified atom stereocenters. The van der Waals surface area contributed by atoms with E-state index < -0.39 is 11.7 Å². The highest BCUT2D eigenvalue weighted by Crippen LogP contribution is 2.18. The smallest absolute Gasteiger partial charge is 0.276 e. The highest BCUT2D eigenvalue weighted by molar-refractivity contribution is 7.09. The van der Waals surface area contributed by atoms with E-state index in [2.05, 4.69) is 20.8 Å². The van der Waals surface area contributed by atoms with E-state index in [-0.39, 0.29) is 12.2 Å². The molecule has 134 valence electrons. The molecule has 0 aliphatic carbocycles. The van der Waals surface area contributed by atoms with Crippen LogP contribution in [0.15, 0.2) is 48.1 Å². The van der Waals surface area contributed by atoms with Crippen LogP contribution >= 0.6 is 11.3 Å². The van der Waals surface area contributed by atoms with E-state index in [1.54, 1.807) is 12.4 Å². The lowest BCUT2D eigenvalue weighted by Crippen LogP contribution is -2.24. The maximum absolute atomic E-state index is 13.6. The third-order valence-corrected chi connectivity index (χ3v) is 4.33. The van der Waals surface area contributed by atoms with Crippen LogP contribution in [0.3, 0.4) is 0 Å². The minimum atomic E-state index is -0.464. The van der Waals surface area contributed by atoms with Crippen LogP contribution in [0.4, 0.5) is 10.1 Å². The van der Waals surface area contributed by atoms with E-state index >= 15 is 0 Å². The summed E-state index contributed by atoms with van der Waals surface area (Å²) in [5.41, 5.74) is 4.74. The number of pyridine rings is 1. The molecule has 0 bridgehead atoms. The zero-order valence-electron chi connectivity index (χ0n) is 14.0. The van der Waals surface area contributed by atoms with Crippen molar-refractivity contribution < 1.29 is 14.0 Å². The molecule has 0 aliphatic rings. The predicted molar refractivity (Wildman–Crippen MR) is 97.1 cm³/mol. The maximum atomic E-state index is 13.6. The zero-order chi connectivity index (χ0) is 18.4. The van der Waals surface area contributed by atoms with Gasteiger partial charge in [-0.25, -0.2) is 14.9 Å². The summed E-state index contributed by atoms with van der Waals surface area (Å²) < 4.78 is 13.6. The molecule has 2 heterocycles. The third-order valence-electron chi connectivity index (χ3n) is 3.51. The summed E-state index contributed by atoms with van der Waals surface area (Å²) in [4.78, 5) is 25.8. The number of rotatable bonds is 7. The van der Waals surface area contributed by atoms with Gasteiger partial charge in [0.25, 0.3) is 5.91 Å². The fraction of sp³-hybridized carbons (Fsp3) is 0.167. The molecule has 1 amide bonds. The molecular formula is C18H17FN4O2S. The maximum Gasteiger partial charge on any atom is 0.276 e. The van der Waals surface area contributed by atoms with Gasteiger partial charge in [0.1, 0.15) is 12.4 Å². The topological polar surface area (TPSA) is 76.1 Å². The number of carbonyl (C=O) groups excluding carboxylic acids is 1. The molecule has 0 radical (unpaired) electrons. The Hall–Kier alpha value is -2.84. The van der Waals surface area contributed by atoms with Crippen molar-refractivity contribution in [2.75, 3.05) is 5.32 Å². The highest BCUT2D eigenvalue weighted by atomic mass is 32.1. The van der Waals surface area contributed by atoms with Crippen molar-refractivity contribution in [2.24, 2.45) is 0 Å². The fourth-order valence-electron chi connectivity index (χ4n) is 2.26. The molecule has 8 heteroatoms. The number of hydroxylamine groups is 1. The van der Waals surface area contributed by atoms with Gasteiger partial charge >= 0.3 is 0 Å². The van der Waals surface area contributed by atoms with Crippen LogP contribution in [-0.4, -0.2) is 15.9 Å². The fourth-order valence-corrected chi connectivity index (χ4v) is 2.86. The van der Waals surface area contributed by atoms with Gasteiger partial charge in [0.2, 0.25) is 0 Å². The normalized spacial score (nSPS) is 10.5. The number of hydrogen-bond donors (Lipinski definition) is 2. The van der Waals surface area contributed by atoms with E-state index in [0.717, 1.165) is 16.3 Å². The summed E-state index contributed by atoms with van der Waals surface area (Å²) in [5, 5.41) is 5.86. The third kappa shape index (κ3) is 4.84. The minimum absolute atomic E-state index is 0.164. The Morgan fingerprint density at radius 3 is 2.81 bits per heavy atom. The Morgan fingerprint density at radius 2 is 2.08 bits per heavy atom. The van der Waals surface area contributed by atoms with Gasteiger partial charge in [-0.1, -0.05) is 0 Å². The summed E-state index contributed by atoms with van der Waals surface area (Å²) in [5.74, 6) is -0.896. The van der Waals surface area contributed by atoms with Crippen molar-refractivity contribution in [3.8, 4) is 0 Å². The Labute approximate surface area is 154 Å². The monoisotopic (exact) mass is 372 g/mol. The van der Waals surface area contributed by atoms with Crippen LogP contribution in [0.2, 0.25) is 0 Å². The molecular weight excluding hydrogens is 355 g/mol. The van der Waals surface area contributed by atoms with Gasteiger partial charge in [-0.15, -0.1) is 11.3 Å². The van der Waals surface area contributed by atoms with Crippen molar-refractivity contribution in [3.63, 3.8) is 0 Å². The Kier molecular flexibility index (Phi) is 5.88. The van der Waals surface area contributed by atoms with Gasteiger partial charge in [0.05, 0.1) is 22.0 Å². The molecule has 0 atom stereocenters. The molecule has 26 heavy (non-hydrogen) atoms. The lowest BCUT2D eigenvalue weighted by atomic mass is 10.1. The molecule has 3 rings (SSSR count). The molecule has 0 saturated heterocycles. The Morgan fingerprint density at radius 1 is 1.27 bits per heavy atom. The highest BCUT2D eigenvalue weighted by Gasteiger charge is 2.13. The van der Waals surface area contributed by atoms with Crippen molar-refractivity contribution >= 4 is 22.9 Å². The van der Waals surface area contributed by atoms with Crippen molar-refractivity contribution in [1.82, 2.24) is 15.4 Å². The van der Waals surface area contributed by atoms with Crippen molar-refractivity contribution in [1.29, 1.82) is 0 Å². The molecule has 0 spiro atoms. The summed E-state index contributed by atoms with van der Waals surface area (Å²) in [7, 11) is 0. The van der Waals surface area contributed by atoms with Crippen LogP contribution in [0.25, 0.3) is 0 Å². The zero-order valence-corrected chi connectivity index (χ0v) is 14.8. The number of halogens is 1. The minimum Gasteiger partial charge on any atom is -0.380 e. The first-order valence-corrected chi connectivity index (χ1v) is 8.75. The standard InChI is InChI=1S/C18H17FN4O2S/c1-12-22-15(11-26-12)10-25-23-18(24)16-3-2-14(19)8-17(16)21-9-13-4-6-20-7-5-13/h2-8,11,21H,9-10H2,1H3,(H,23,24). The van der Waals surface area contributed by atoms with E-state index in [4.69, 9.17) is 4.84 Å². The SMILES string of the molecule is Cc1nc(CONC(=O)c2ccc(F)cc2NCc2ccncc2)cs1. The molecule has 3 aromatic rings. The first kappa shape index (κ1) is 18.0. The van der Waals surface area contributed by atoms with Gasteiger partial charge in [-0.3, -0.25) is 14.6 Å². The number of aryl methyl sites for hydroxylation is 1.